The van der Waals surface area contributed by atoms with Crippen LogP contribution in [-0.2, 0) is 4.79 Å². The van der Waals surface area contributed by atoms with Crippen LogP contribution in [0.3, 0.4) is 0 Å². The van der Waals surface area contributed by atoms with Gasteiger partial charge in [-0.15, -0.1) is 0 Å². The molecule has 27 heavy (non-hydrogen) atoms. The fourth-order valence-corrected chi connectivity index (χ4v) is 2.58. The summed E-state index contributed by atoms with van der Waals surface area (Å²) in [6.07, 6.45) is 1.55. The largest absolute Gasteiger partial charge is 0.454 e. The Morgan fingerprint density at radius 2 is 1.81 bits per heavy atom. The molecule has 0 radical (unpaired) electrons. The molecule has 0 bridgehead atoms. The topological polar surface area (TPSA) is 89.0 Å². The average Bonchev–Trinajstić information content (AvgIpc) is 3.14. The van der Waals surface area contributed by atoms with Gasteiger partial charge in [0.05, 0.1) is 6.21 Å². The summed E-state index contributed by atoms with van der Waals surface area (Å²) in [5.41, 5.74) is 3.74. The highest BCUT2D eigenvalue weighted by atomic mass is 16.7. The number of hydrazone groups is 1. The Kier molecular flexibility index (Phi) is 5.71. The molecule has 0 saturated heterocycles. The fraction of sp³-hybridized carbons (Fsp3) is 0.250. The first kappa shape index (κ1) is 18.4. The Morgan fingerprint density at radius 1 is 1.07 bits per heavy atom. The predicted octanol–water partition coefficient (Wildman–Crippen LogP) is 2.32. The molecule has 1 aliphatic rings. The lowest BCUT2D eigenvalue weighted by molar-refractivity contribution is -0.123. The first-order valence-electron chi connectivity index (χ1n) is 8.63. The van der Waals surface area contributed by atoms with Crippen molar-refractivity contribution in [2.24, 2.45) is 11.0 Å². The number of fused-ring (bicyclic) bond motifs is 1. The van der Waals surface area contributed by atoms with E-state index in [2.05, 4.69) is 15.8 Å². The Balaban J connectivity index is 1.63. The molecular formula is C20H21N3O4. The quantitative estimate of drug-likeness (QED) is 0.606. The maximum atomic E-state index is 12.5. The predicted molar refractivity (Wildman–Crippen MR) is 101 cm³/mol. The van der Waals surface area contributed by atoms with Gasteiger partial charge in [0.2, 0.25) is 6.79 Å². The normalized spacial score (nSPS) is 13.6. The van der Waals surface area contributed by atoms with E-state index in [4.69, 9.17) is 9.47 Å². The molecule has 1 atom stereocenters. The van der Waals surface area contributed by atoms with Crippen LogP contribution < -0.4 is 20.2 Å². The summed E-state index contributed by atoms with van der Waals surface area (Å²) < 4.78 is 10.5. The first-order chi connectivity index (χ1) is 13.0. The second-order valence-electron chi connectivity index (χ2n) is 6.41. The van der Waals surface area contributed by atoms with Crippen LogP contribution in [0.5, 0.6) is 11.5 Å². The molecule has 2 aromatic rings. The summed E-state index contributed by atoms with van der Waals surface area (Å²) in [5.74, 6) is 0.246. The van der Waals surface area contributed by atoms with Gasteiger partial charge in [-0.05, 0) is 29.7 Å². The molecule has 3 rings (SSSR count). The zero-order valence-electron chi connectivity index (χ0n) is 15.1. The number of benzene rings is 2. The first-order valence-corrected chi connectivity index (χ1v) is 8.63. The van der Waals surface area contributed by atoms with Gasteiger partial charge >= 0.3 is 0 Å². The molecule has 1 aliphatic heterocycles. The second-order valence-corrected chi connectivity index (χ2v) is 6.41. The highest BCUT2D eigenvalue weighted by Gasteiger charge is 2.25. The van der Waals surface area contributed by atoms with Crippen LogP contribution in [0, 0.1) is 5.92 Å². The van der Waals surface area contributed by atoms with Crippen molar-refractivity contribution < 1.29 is 19.1 Å². The lowest BCUT2D eigenvalue weighted by Gasteiger charge is -2.20. The van der Waals surface area contributed by atoms with Crippen LogP contribution in [0.4, 0.5) is 0 Å². The molecule has 0 unspecified atom stereocenters. The number of nitrogens with zero attached hydrogens (tertiary/aromatic N) is 1. The van der Waals surface area contributed by atoms with E-state index in [-0.39, 0.29) is 24.5 Å². The van der Waals surface area contributed by atoms with Crippen LogP contribution in [0.2, 0.25) is 0 Å². The van der Waals surface area contributed by atoms with E-state index in [0.29, 0.717) is 17.1 Å². The summed E-state index contributed by atoms with van der Waals surface area (Å²) in [5, 5.41) is 6.71. The summed E-state index contributed by atoms with van der Waals surface area (Å²) in [4.78, 5) is 25.0. The molecule has 140 valence electrons. The monoisotopic (exact) mass is 367 g/mol. The third-order valence-corrected chi connectivity index (χ3v) is 4.06. The maximum absolute atomic E-state index is 12.5. The van der Waals surface area contributed by atoms with Gasteiger partial charge in [0.1, 0.15) is 6.04 Å². The molecule has 2 aromatic carbocycles. The molecule has 2 N–H and O–H groups in total. The number of carbonyl (C=O) groups excluding carboxylic acids is 2. The van der Waals surface area contributed by atoms with Gasteiger partial charge in [-0.25, -0.2) is 5.43 Å². The van der Waals surface area contributed by atoms with Gasteiger partial charge in [-0.3, -0.25) is 9.59 Å². The lowest BCUT2D eigenvalue weighted by atomic mass is 10.0. The highest BCUT2D eigenvalue weighted by Crippen LogP contribution is 2.32. The molecule has 0 aromatic heterocycles. The zero-order valence-corrected chi connectivity index (χ0v) is 15.1. The number of ether oxygens (including phenoxy) is 2. The van der Waals surface area contributed by atoms with Crippen molar-refractivity contribution in [2.45, 2.75) is 19.9 Å². The van der Waals surface area contributed by atoms with Crippen LogP contribution >= 0.6 is 0 Å². The standard InChI is InChI=1S/C20H21N3O4/c1-13(2)18(20(25)23-21-11-14-6-4-3-5-7-14)22-19(24)15-8-9-16-17(10-15)27-12-26-16/h3-11,13,18H,12H2,1-2H3,(H,22,24)(H,23,25)/t18-/m1/s1. The third kappa shape index (κ3) is 4.63. The van der Waals surface area contributed by atoms with E-state index in [1.165, 1.54) is 0 Å². The number of carbonyl (C=O) groups is 2. The molecular weight excluding hydrogens is 346 g/mol. The second kappa shape index (κ2) is 8.35. The van der Waals surface area contributed by atoms with Crippen molar-refractivity contribution in [2.75, 3.05) is 6.79 Å². The van der Waals surface area contributed by atoms with Gasteiger partial charge in [0.15, 0.2) is 11.5 Å². The van der Waals surface area contributed by atoms with Gasteiger partial charge < -0.3 is 14.8 Å². The molecule has 7 nitrogen and oxygen atoms in total. The Bertz CT molecular complexity index is 850. The van der Waals surface area contributed by atoms with Crippen molar-refractivity contribution in [3.8, 4) is 11.5 Å². The summed E-state index contributed by atoms with van der Waals surface area (Å²) in [6, 6.07) is 13.6. The number of amides is 2. The SMILES string of the molecule is CC(C)[C@@H](NC(=O)c1ccc2c(c1)OCO2)C(=O)NN=Cc1ccccc1. The van der Waals surface area contributed by atoms with E-state index < -0.39 is 6.04 Å². The highest BCUT2D eigenvalue weighted by molar-refractivity contribution is 5.98. The van der Waals surface area contributed by atoms with E-state index in [0.717, 1.165) is 5.56 Å². The lowest BCUT2D eigenvalue weighted by Crippen LogP contribution is -2.48. The van der Waals surface area contributed by atoms with Crippen LogP contribution in [0.1, 0.15) is 29.8 Å². The van der Waals surface area contributed by atoms with Crippen molar-refractivity contribution in [3.05, 3.63) is 59.7 Å². The van der Waals surface area contributed by atoms with E-state index in [1.54, 1.807) is 24.4 Å². The van der Waals surface area contributed by atoms with Crippen LogP contribution in [0.25, 0.3) is 0 Å². The van der Waals surface area contributed by atoms with Gasteiger partial charge in [-0.1, -0.05) is 44.2 Å². The maximum Gasteiger partial charge on any atom is 0.262 e. The van der Waals surface area contributed by atoms with Crippen molar-refractivity contribution in [1.82, 2.24) is 10.7 Å². The van der Waals surface area contributed by atoms with Crippen molar-refractivity contribution >= 4 is 18.0 Å². The number of nitrogens with one attached hydrogen (secondary N) is 2. The van der Waals surface area contributed by atoms with Crippen LogP contribution in [0.15, 0.2) is 53.6 Å². The Hall–Kier alpha value is -3.35. The minimum atomic E-state index is -0.726. The average molecular weight is 367 g/mol. The minimum absolute atomic E-state index is 0.116. The molecule has 2 amide bonds. The van der Waals surface area contributed by atoms with E-state index >= 15 is 0 Å². The zero-order chi connectivity index (χ0) is 19.2. The molecule has 7 heteroatoms. The minimum Gasteiger partial charge on any atom is -0.454 e. The molecule has 1 heterocycles. The van der Waals surface area contributed by atoms with Gasteiger partial charge in [0, 0.05) is 5.56 Å². The summed E-state index contributed by atoms with van der Waals surface area (Å²) >= 11 is 0. The van der Waals surface area contributed by atoms with Crippen LogP contribution in [-0.4, -0.2) is 30.9 Å². The number of hydrogen-bond acceptors (Lipinski definition) is 5. The Morgan fingerprint density at radius 3 is 2.56 bits per heavy atom. The smallest absolute Gasteiger partial charge is 0.262 e. The van der Waals surface area contributed by atoms with E-state index in [9.17, 15) is 9.59 Å². The fourth-order valence-electron chi connectivity index (χ4n) is 2.58. The third-order valence-electron chi connectivity index (χ3n) is 4.06. The van der Waals surface area contributed by atoms with Gasteiger partial charge in [-0.2, -0.15) is 5.10 Å². The van der Waals surface area contributed by atoms with Crippen molar-refractivity contribution in [3.63, 3.8) is 0 Å². The molecule has 0 saturated carbocycles. The molecule has 0 spiro atoms. The number of rotatable bonds is 6. The molecule has 0 aliphatic carbocycles. The summed E-state index contributed by atoms with van der Waals surface area (Å²) in [6.45, 7) is 3.84. The van der Waals surface area contributed by atoms with Crippen molar-refractivity contribution in [1.29, 1.82) is 0 Å². The van der Waals surface area contributed by atoms with E-state index in [1.807, 2.05) is 44.2 Å². The number of hydrogen-bond donors (Lipinski definition) is 2. The van der Waals surface area contributed by atoms with Gasteiger partial charge in [0.25, 0.3) is 11.8 Å². The summed E-state index contributed by atoms with van der Waals surface area (Å²) in [7, 11) is 0. The Labute approximate surface area is 157 Å². The molecule has 0 fully saturated rings.